The highest BCUT2D eigenvalue weighted by molar-refractivity contribution is 5.96. The number of primary amides is 1. The number of ether oxygens (including phenoxy) is 4. The van der Waals surface area contributed by atoms with Gasteiger partial charge in [-0.1, -0.05) is 91.0 Å². The van der Waals surface area contributed by atoms with E-state index in [1.807, 2.05) is 97.2 Å². The zero-order chi connectivity index (χ0) is 29.3. The molecule has 3 aromatic carbocycles. The number of benzene rings is 3. The summed E-state index contributed by atoms with van der Waals surface area (Å²) in [6, 6.07) is 29.5. The van der Waals surface area contributed by atoms with Crippen molar-refractivity contribution in [1.82, 2.24) is 9.55 Å². The van der Waals surface area contributed by atoms with Crippen LogP contribution in [0.5, 0.6) is 0 Å². The van der Waals surface area contributed by atoms with Gasteiger partial charge in [0.25, 0.3) is 5.91 Å². The molecule has 2 N–H and O–H groups in total. The lowest BCUT2D eigenvalue weighted by Crippen LogP contribution is -2.38. The Labute approximate surface area is 244 Å². The Hall–Kier alpha value is -4.53. The van der Waals surface area contributed by atoms with Gasteiger partial charge in [0.2, 0.25) is 0 Å². The number of hydrogen-bond acceptors (Lipinski definition) is 8. The number of amides is 1. The van der Waals surface area contributed by atoms with Crippen LogP contribution in [0.15, 0.2) is 97.3 Å². The van der Waals surface area contributed by atoms with Gasteiger partial charge < -0.3 is 24.7 Å². The van der Waals surface area contributed by atoms with Crippen molar-refractivity contribution in [2.24, 2.45) is 5.73 Å². The molecule has 42 heavy (non-hydrogen) atoms. The third-order valence-electron chi connectivity index (χ3n) is 6.99. The van der Waals surface area contributed by atoms with Crippen LogP contribution in [0.2, 0.25) is 0 Å². The quantitative estimate of drug-likeness (QED) is 0.188. The number of aromatic nitrogens is 2. The summed E-state index contributed by atoms with van der Waals surface area (Å²) in [6.07, 6.45) is 0.920. The van der Waals surface area contributed by atoms with E-state index in [4.69, 9.17) is 24.7 Å². The zero-order valence-corrected chi connectivity index (χ0v) is 23.3. The van der Waals surface area contributed by atoms with Gasteiger partial charge in [0, 0.05) is 7.05 Å². The smallest absolute Gasteiger partial charge is 0.271 e. The average molecular weight is 568 g/mol. The van der Waals surface area contributed by atoms with Gasteiger partial charge in [-0.05, 0) is 16.7 Å². The van der Waals surface area contributed by atoms with E-state index >= 15 is 0 Å². The lowest BCUT2D eigenvalue weighted by Gasteiger charge is -2.26. The molecule has 1 aromatic heterocycles. The van der Waals surface area contributed by atoms with E-state index in [2.05, 4.69) is 4.98 Å². The summed E-state index contributed by atoms with van der Waals surface area (Å²) in [5, 5.41) is 9.70. The number of nitrogens with two attached hydrogens (primary N) is 1. The summed E-state index contributed by atoms with van der Waals surface area (Å²) in [5.41, 5.74) is 8.56. The molecule has 1 aliphatic heterocycles. The maximum atomic E-state index is 12.2. The van der Waals surface area contributed by atoms with Gasteiger partial charge in [-0.3, -0.25) is 14.3 Å². The molecule has 5 rings (SSSR count). The fourth-order valence-corrected chi connectivity index (χ4v) is 4.94. The number of anilines is 1. The van der Waals surface area contributed by atoms with Crippen LogP contribution < -0.4 is 10.6 Å². The summed E-state index contributed by atoms with van der Waals surface area (Å²) in [6.45, 7) is 1.22. The van der Waals surface area contributed by atoms with Crippen LogP contribution in [0.3, 0.4) is 0 Å². The molecule has 0 radical (unpaired) electrons. The van der Waals surface area contributed by atoms with Gasteiger partial charge in [-0.2, -0.15) is 5.26 Å². The standard InChI is InChI=1S/C32H33N5O5/c1-36(21-33)31-27(30(34)38)35-22-37(31)32-29(41-19-25-15-9-4-10-16-25)28(40-18-24-13-7-3-8-14-24)26(42-32)20-39-17-23-11-5-2-6-12-23/h2-16,22,26,28-29,32H,17-20H2,1H3,(H2,34,38)/t26-,28-,29-,32-/m1/s1. The Morgan fingerprint density at radius 2 is 1.43 bits per heavy atom. The second kappa shape index (κ2) is 13.9. The molecule has 0 saturated carbocycles. The van der Waals surface area contributed by atoms with E-state index in [0.29, 0.717) is 13.2 Å². The average Bonchev–Trinajstić information content (AvgIpc) is 3.62. The molecule has 4 atom stereocenters. The number of nitriles is 1. The Balaban J connectivity index is 1.47. The van der Waals surface area contributed by atoms with Crippen molar-refractivity contribution in [3.8, 4) is 6.19 Å². The highest BCUT2D eigenvalue weighted by Crippen LogP contribution is 2.38. The minimum absolute atomic E-state index is 0.0463. The predicted octanol–water partition coefficient (Wildman–Crippen LogP) is 4.18. The Bertz CT molecular complexity index is 1480. The predicted molar refractivity (Wildman–Crippen MR) is 155 cm³/mol. The first-order valence-electron chi connectivity index (χ1n) is 13.6. The number of carbonyl (C=O) groups excluding carboxylic acids is 1. The molecule has 0 unspecified atom stereocenters. The fourth-order valence-electron chi connectivity index (χ4n) is 4.94. The largest absolute Gasteiger partial charge is 0.374 e. The number of rotatable bonds is 13. The maximum absolute atomic E-state index is 12.2. The van der Waals surface area contributed by atoms with Crippen molar-refractivity contribution < 1.29 is 23.7 Å². The lowest BCUT2D eigenvalue weighted by molar-refractivity contribution is -0.0915. The number of nitrogens with zero attached hydrogens (tertiary/aromatic N) is 4. The van der Waals surface area contributed by atoms with Gasteiger partial charge in [-0.15, -0.1) is 0 Å². The number of hydrogen-bond donors (Lipinski definition) is 1. The highest BCUT2D eigenvalue weighted by Gasteiger charge is 2.48. The lowest BCUT2D eigenvalue weighted by atomic mass is 10.1. The first kappa shape index (κ1) is 29.0. The van der Waals surface area contributed by atoms with Gasteiger partial charge in [0.15, 0.2) is 23.9 Å². The Morgan fingerprint density at radius 1 is 0.905 bits per heavy atom. The second-order valence-corrected chi connectivity index (χ2v) is 9.94. The van der Waals surface area contributed by atoms with Crippen molar-refractivity contribution in [3.63, 3.8) is 0 Å². The molecule has 2 heterocycles. The molecule has 10 nitrogen and oxygen atoms in total. The van der Waals surface area contributed by atoms with Crippen LogP contribution >= 0.6 is 0 Å². The van der Waals surface area contributed by atoms with E-state index in [-0.39, 0.29) is 24.7 Å². The molecule has 4 aromatic rings. The molecule has 0 aliphatic carbocycles. The van der Waals surface area contributed by atoms with Crippen molar-refractivity contribution in [2.45, 2.75) is 44.4 Å². The van der Waals surface area contributed by atoms with Crippen molar-refractivity contribution in [3.05, 3.63) is 120 Å². The van der Waals surface area contributed by atoms with Gasteiger partial charge in [-0.25, -0.2) is 4.98 Å². The summed E-state index contributed by atoms with van der Waals surface area (Å²) in [4.78, 5) is 17.7. The molecule has 216 valence electrons. The van der Waals surface area contributed by atoms with E-state index < -0.39 is 30.4 Å². The number of carbonyl (C=O) groups is 1. The monoisotopic (exact) mass is 567 g/mol. The van der Waals surface area contributed by atoms with Crippen LogP contribution in [0, 0.1) is 11.5 Å². The normalized spacial score (nSPS) is 19.8. The topological polar surface area (TPSA) is 125 Å². The number of imidazole rings is 1. The zero-order valence-electron chi connectivity index (χ0n) is 23.3. The maximum Gasteiger partial charge on any atom is 0.271 e. The highest BCUT2D eigenvalue weighted by atomic mass is 16.6. The van der Waals surface area contributed by atoms with E-state index in [0.717, 1.165) is 16.7 Å². The molecule has 10 heteroatoms. The van der Waals surface area contributed by atoms with E-state index in [1.54, 1.807) is 4.57 Å². The van der Waals surface area contributed by atoms with Gasteiger partial charge in [0.1, 0.15) is 18.3 Å². The summed E-state index contributed by atoms with van der Waals surface area (Å²) in [5.74, 6) is -0.554. The third-order valence-corrected chi connectivity index (χ3v) is 6.99. The van der Waals surface area contributed by atoms with E-state index in [9.17, 15) is 10.1 Å². The first-order chi connectivity index (χ1) is 20.5. The van der Waals surface area contributed by atoms with Crippen LogP contribution in [0.4, 0.5) is 5.82 Å². The molecule has 0 bridgehead atoms. The van der Waals surface area contributed by atoms with Crippen LogP contribution in [-0.4, -0.2) is 47.4 Å². The van der Waals surface area contributed by atoms with Gasteiger partial charge in [0.05, 0.1) is 32.8 Å². The summed E-state index contributed by atoms with van der Waals surface area (Å²) < 4.78 is 27.3. The minimum atomic E-state index is -0.800. The SMILES string of the molecule is CN(C#N)c1c(C(N)=O)ncn1[C@@H]1O[C@H](COCc2ccccc2)[C@@H](OCc2ccccc2)[C@H]1OCc1ccccc1. The first-order valence-corrected chi connectivity index (χ1v) is 13.6. The molecule has 0 spiro atoms. The van der Waals surface area contributed by atoms with Gasteiger partial charge >= 0.3 is 0 Å². The van der Waals surface area contributed by atoms with Crippen molar-refractivity contribution in [2.75, 3.05) is 18.6 Å². The third kappa shape index (κ3) is 6.84. The Morgan fingerprint density at radius 3 is 1.95 bits per heavy atom. The van der Waals surface area contributed by atoms with Crippen molar-refractivity contribution in [1.29, 1.82) is 5.26 Å². The molecule has 1 saturated heterocycles. The van der Waals surface area contributed by atoms with Crippen LogP contribution in [-0.2, 0) is 38.8 Å². The second-order valence-electron chi connectivity index (χ2n) is 9.94. The molecular formula is C32H33N5O5. The molecule has 1 aliphatic rings. The molecular weight excluding hydrogens is 534 g/mol. The van der Waals surface area contributed by atoms with E-state index in [1.165, 1.54) is 18.3 Å². The van der Waals surface area contributed by atoms with Crippen molar-refractivity contribution >= 4 is 11.7 Å². The summed E-state index contributed by atoms with van der Waals surface area (Å²) in [7, 11) is 1.53. The molecule has 1 amide bonds. The fraction of sp³-hybridized carbons (Fsp3) is 0.281. The summed E-state index contributed by atoms with van der Waals surface area (Å²) >= 11 is 0. The minimum Gasteiger partial charge on any atom is -0.374 e. The molecule has 1 fully saturated rings. The van der Waals surface area contributed by atoms with Crippen LogP contribution in [0.25, 0.3) is 0 Å². The van der Waals surface area contributed by atoms with Crippen LogP contribution in [0.1, 0.15) is 33.4 Å². The Kier molecular flexibility index (Phi) is 9.59.